The van der Waals surface area contributed by atoms with E-state index in [9.17, 15) is 14.4 Å². The van der Waals surface area contributed by atoms with Gasteiger partial charge in [-0.3, -0.25) is 19.7 Å². The number of hydrogen-bond donors (Lipinski definition) is 2. The van der Waals surface area contributed by atoms with E-state index in [4.69, 9.17) is 0 Å². The van der Waals surface area contributed by atoms with Crippen LogP contribution >= 0.6 is 23.1 Å². The van der Waals surface area contributed by atoms with Crippen LogP contribution in [0.5, 0.6) is 0 Å². The first-order valence-corrected chi connectivity index (χ1v) is 11.8. The van der Waals surface area contributed by atoms with Crippen LogP contribution in [0.3, 0.4) is 0 Å². The number of aromatic nitrogens is 2. The minimum absolute atomic E-state index is 0.0644. The molecule has 1 spiro atoms. The molecule has 1 saturated heterocycles. The van der Waals surface area contributed by atoms with Crippen molar-refractivity contribution >= 4 is 46.0 Å². The molecule has 3 amide bonds. The first kappa shape index (κ1) is 20.8. The maximum Gasteiger partial charge on any atom is 0.252 e. The molecule has 0 atom stereocenters. The SMILES string of the molecule is O=C1CN(C(=O)CSc2nnc(NCc3ccccc3)s2)C2(CCCCC2)C(=O)N1. The van der Waals surface area contributed by atoms with Gasteiger partial charge >= 0.3 is 0 Å². The maximum absolute atomic E-state index is 13.0. The third-order valence-corrected chi connectivity index (χ3v) is 7.49. The highest BCUT2D eigenvalue weighted by Crippen LogP contribution is 2.36. The van der Waals surface area contributed by atoms with Crippen LogP contribution < -0.4 is 10.6 Å². The van der Waals surface area contributed by atoms with Crippen LogP contribution in [0.25, 0.3) is 0 Å². The summed E-state index contributed by atoms with van der Waals surface area (Å²) >= 11 is 2.67. The number of hydrogen-bond acceptors (Lipinski definition) is 8. The predicted molar refractivity (Wildman–Crippen MR) is 115 cm³/mol. The van der Waals surface area contributed by atoms with E-state index in [2.05, 4.69) is 20.8 Å². The number of thioether (sulfide) groups is 1. The van der Waals surface area contributed by atoms with Gasteiger partial charge in [-0.2, -0.15) is 0 Å². The molecule has 10 heteroatoms. The molecule has 0 unspecified atom stereocenters. The highest BCUT2D eigenvalue weighted by Gasteiger charge is 2.50. The van der Waals surface area contributed by atoms with Crippen molar-refractivity contribution < 1.29 is 14.4 Å². The lowest BCUT2D eigenvalue weighted by Gasteiger charge is -2.47. The van der Waals surface area contributed by atoms with Gasteiger partial charge in [0.2, 0.25) is 16.9 Å². The van der Waals surface area contributed by atoms with Crippen molar-refractivity contribution in [1.82, 2.24) is 20.4 Å². The Morgan fingerprint density at radius 3 is 2.70 bits per heavy atom. The molecule has 2 N–H and O–H groups in total. The molecule has 1 saturated carbocycles. The van der Waals surface area contributed by atoms with E-state index < -0.39 is 11.4 Å². The molecule has 0 radical (unpaired) electrons. The van der Waals surface area contributed by atoms with Gasteiger partial charge in [-0.25, -0.2) is 0 Å². The van der Waals surface area contributed by atoms with Crippen LogP contribution in [0.4, 0.5) is 5.13 Å². The topological polar surface area (TPSA) is 104 Å². The molecule has 1 aliphatic carbocycles. The van der Waals surface area contributed by atoms with Gasteiger partial charge in [-0.1, -0.05) is 72.7 Å². The number of nitrogens with zero attached hydrogens (tertiary/aromatic N) is 3. The Bertz CT molecular complexity index is 928. The highest BCUT2D eigenvalue weighted by atomic mass is 32.2. The van der Waals surface area contributed by atoms with Crippen molar-refractivity contribution in [2.45, 2.75) is 48.5 Å². The third-order valence-electron chi connectivity index (χ3n) is 5.49. The van der Waals surface area contributed by atoms with Crippen LogP contribution in [-0.2, 0) is 20.9 Å². The van der Waals surface area contributed by atoms with Gasteiger partial charge in [0.25, 0.3) is 5.91 Å². The Hall–Kier alpha value is -2.46. The van der Waals surface area contributed by atoms with Gasteiger partial charge in [-0.05, 0) is 18.4 Å². The summed E-state index contributed by atoms with van der Waals surface area (Å²) in [5, 5.41) is 14.6. The van der Waals surface area contributed by atoms with E-state index in [0.717, 1.165) is 24.8 Å². The van der Waals surface area contributed by atoms with Crippen molar-refractivity contribution in [2.75, 3.05) is 17.6 Å². The molecular weight excluding hydrogens is 422 g/mol. The first-order chi connectivity index (χ1) is 14.6. The molecule has 8 nitrogen and oxygen atoms in total. The predicted octanol–water partition coefficient (Wildman–Crippen LogP) is 2.43. The van der Waals surface area contributed by atoms with Crippen LogP contribution in [0.2, 0.25) is 0 Å². The summed E-state index contributed by atoms with van der Waals surface area (Å²) in [6.45, 7) is 0.581. The van der Waals surface area contributed by atoms with Crippen LogP contribution in [0.15, 0.2) is 34.7 Å². The van der Waals surface area contributed by atoms with Gasteiger partial charge in [-0.15, -0.1) is 10.2 Å². The third kappa shape index (κ3) is 4.49. The van der Waals surface area contributed by atoms with Crippen LogP contribution in [0, 0.1) is 0 Å². The summed E-state index contributed by atoms with van der Waals surface area (Å²) in [6.07, 6.45) is 4.02. The summed E-state index contributed by atoms with van der Waals surface area (Å²) in [7, 11) is 0. The minimum atomic E-state index is -0.882. The average Bonchev–Trinajstić information content (AvgIpc) is 3.23. The number of carbonyl (C=O) groups excluding carboxylic acids is 3. The number of anilines is 1. The van der Waals surface area contributed by atoms with Gasteiger partial charge in [0.1, 0.15) is 12.1 Å². The zero-order valence-corrected chi connectivity index (χ0v) is 18.1. The molecule has 2 fully saturated rings. The number of nitrogens with one attached hydrogen (secondary N) is 2. The van der Waals surface area contributed by atoms with E-state index in [1.807, 2.05) is 30.3 Å². The quantitative estimate of drug-likeness (QED) is 0.520. The van der Waals surface area contributed by atoms with Crippen molar-refractivity contribution in [3.05, 3.63) is 35.9 Å². The summed E-state index contributed by atoms with van der Waals surface area (Å²) in [4.78, 5) is 39.0. The number of benzene rings is 1. The van der Waals surface area contributed by atoms with Crippen LogP contribution in [-0.4, -0.2) is 50.7 Å². The molecule has 4 rings (SSSR count). The second kappa shape index (κ2) is 9.13. The Labute approximate surface area is 182 Å². The molecule has 0 bridgehead atoms. The lowest BCUT2D eigenvalue weighted by molar-refractivity contribution is -0.158. The largest absolute Gasteiger partial charge is 0.356 e. The molecule has 2 aromatic rings. The molecular formula is C20H23N5O3S2. The molecule has 158 valence electrons. The molecule has 1 aliphatic heterocycles. The van der Waals surface area contributed by atoms with E-state index in [-0.39, 0.29) is 24.1 Å². The van der Waals surface area contributed by atoms with Gasteiger partial charge in [0.05, 0.1) is 5.75 Å². The maximum atomic E-state index is 13.0. The summed E-state index contributed by atoms with van der Waals surface area (Å²) in [5.41, 5.74) is 0.260. The van der Waals surface area contributed by atoms with Crippen molar-refractivity contribution in [3.63, 3.8) is 0 Å². The number of rotatable bonds is 6. The zero-order chi connectivity index (χ0) is 21.0. The Morgan fingerprint density at radius 2 is 1.93 bits per heavy atom. The fourth-order valence-corrected chi connectivity index (χ4v) is 5.60. The first-order valence-electron chi connectivity index (χ1n) is 9.96. The van der Waals surface area contributed by atoms with E-state index in [0.29, 0.717) is 28.9 Å². The summed E-state index contributed by atoms with van der Waals surface area (Å²) in [5.74, 6) is -0.840. The standard InChI is InChI=1S/C20H23N5O3S2/c26-15-12-25(20(17(28)22-15)9-5-2-6-10-20)16(27)13-29-19-24-23-18(30-19)21-11-14-7-3-1-4-8-14/h1,3-4,7-8H,2,5-6,9-13H2,(H,21,23)(H,22,26,28). The fourth-order valence-electron chi connectivity index (χ4n) is 3.97. The molecule has 1 aromatic carbocycles. The minimum Gasteiger partial charge on any atom is -0.356 e. The Kier molecular flexibility index (Phi) is 6.33. The average molecular weight is 446 g/mol. The molecule has 2 heterocycles. The normalized spacial score (nSPS) is 18.3. The summed E-state index contributed by atoms with van der Waals surface area (Å²) in [6, 6.07) is 9.99. The Balaban J connectivity index is 1.36. The number of amides is 3. The highest BCUT2D eigenvalue weighted by molar-refractivity contribution is 8.01. The van der Waals surface area contributed by atoms with E-state index >= 15 is 0 Å². The monoisotopic (exact) mass is 445 g/mol. The number of piperazine rings is 1. The van der Waals surface area contributed by atoms with Crippen LogP contribution in [0.1, 0.15) is 37.7 Å². The number of carbonyl (C=O) groups is 3. The van der Waals surface area contributed by atoms with Crippen molar-refractivity contribution in [3.8, 4) is 0 Å². The second-order valence-electron chi connectivity index (χ2n) is 7.45. The van der Waals surface area contributed by atoms with E-state index in [1.54, 1.807) is 0 Å². The molecule has 1 aromatic heterocycles. The summed E-state index contributed by atoms with van der Waals surface area (Å²) < 4.78 is 0.671. The smallest absolute Gasteiger partial charge is 0.252 e. The fraction of sp³-hybridized carbons (Fsp3) is 0.450. The lowest BCUT2D eigenvalue weighted by Crippen LogP contribution is -2.69. The van der Waals surface area contributed by atoms with Gasteiger partial charge in [0, 0.05) is 6.54 Å². The van der Waals surface area contributed by atoms with Crippen molar-refractivity contribution in [1.29, 1.82) is 0 Å². The lowest BCUT2D eigenvalue weighted by atomic mass is 9.78. The molecule has 30 heavy (non-hydrogen) atoms. The van der Waals surface area contributed by atoms with Gasteiger partial charge < -0.3 is 10.2 Å². The zero-order valence-electron chi connectivity index (χ0n) is 16.4. The van der Waals surface area contributed by atoms with Crippen molar-refractivity contribution in [2.24, 2.45) is 0 Å². The van der Waals surface area contributed by atoms with Gasteiger partial charge in [0.15, 0.2) is 4.34 Å². The number of imide groups is 1. The van der Waals surface area contributed by atoms with E-state index in [1.165, 1.54) is 28.0 Å². The second-order valence-corrected chi connectivity index (χ2v) is 9.65. The Morgan fingerprint density at radius 1 is 1.17 bits per heavy atom. The molecule has 2 aliphatic rings.